The topological polar surface area (TPSA) is 20.3 Å². The normalized spacial score (nSPS) is 28.1. The fourth-order valence-electron chi connectivity index (χ4n) is 3.26. The molecule has 3 rings (SSSR count). The molecule has 0 N–H and O–H groups in total. The first-order chi connectivity index (χ1) is 7.88. The molecule has 2 heteroatoms. The molecule has 2 unspecified atom stereocenters. The van der Waals surface area contributed by atoms with Crippen molar-refractivity contribution in [1.82, 2.24) is 0 Å². The van der Waals surface area contributed by atoms with Crippen molar-refractivity contribution in [2.75, 3.05) is 4.90 Å². The van der Waals surface area contributed by atoms with Gasteiger partial charge in [-0.25, -0.2) is 0 Å². The van der Waals surface area contributed by atoms with Gasteiger partial charge < -0.3 is 4.90 Å². The molecule has 0 radical (unpaired) electrons. The van der Waals surface area contributed by atoms with Gasteiger partial charge in [-0.05, 0) is 56.4 Å². The van der Waals surface area contributed by atoms with Crippen molar-refractivity contribution in [2.45, 2.75) is 44.2 Å². The largest absolute Gasteiger partial charge is 0.366 e. The van der Waals surface area contributed by atoms with E-state index in [2.05, 4.69) is 17.0 Å². The van der Waals surface area contributed by atoms with Gasteiger partial charge in [-0.15, -0.1) is 0 Å². The predicted molar refractivity (Wildman–Crippen MR) is 65.0 cm³/mol. The minimum absolute atomic E-state index is 0.751. The summed E-state index contributed by atoms with van der Waals surface area (Å²) in [4.78, 5) is 13.2. The molecule has 84 valence electrons. The highest BCUT2D eigenvalue weighted by Crippen LogP contribution is 2.38. The monoisotopic (exact) mass is 215 g/mol. The van der Waals surface area contributed by atoms with E-state index < -0.39 is 0 Å². The van der Waals surface area contributed by atoms with Crippen molar-refractivity contribution in [3.8, 4) is 0 Å². The molecule has 16 heavy (non-hydrogen) atoms. The lowest BCUT2D eigenvalue weighted by molar-refractivity contribution is 0.112. The number of carbonyl (C=O) groups excluding carboxylic acids is 1. The molecule has 1 aromatic rings. The minimum atomic E-state index is 0.751. The lowest BCUT2D eigenvalue weighted by Gasteiger charge is -2.36. The summed E-state index contributed by atoms with van der Waals surface area (Å²) < 4.78 is 0. The average Bonchev–Trinajstić information content (AvgIpc) is 2.59. The Bertz CT molecular complexity index is 368. The highest BCUT2D eigenvalue weighted by Gasteiger charge is 2.36. The smallest absolute Gasteiger partial charge is 0.150 e. The lowest BCUT2D eigenvalue weighted by atomic mass is 10.0. The van der Waals surface area contributed by atoms with Gasteiger partial charge in [-0.3, -0.25) is 4.79 Å². The van der Waals surface area contributed by atoms with E-state index in [-0.39, 0.29) is 0 Å². The molecular formula is C14H17NO. The minimum Gasteiger partial charge on any atom is -0.366 e. The second-order valence-corrected chi connectivity index (χ2v) is 4.93. The summed E-state index contributed by atoms with van der Waals surface area (Å²) in [6.07, 6.45) is 7.67. The standard InChI is InChI=1S/C14H17NO/c16-10-11-4-6-14(7-5-11)15-12-2-1-3-13(15)9-8-12/h4-7,10,12-13H,1-3,8-9H2. The van der Waals surface area contributed by atoms with Crippen LogP contribution >= 0.6 is 0 Å². The van der Waals surface area contributed by atoms with Crippen molar-refractivity contribution < 1.29 is 4.79 Å². The van der Waals surface area contributed by atoms with E-state index in [4.69, 9.17) is 0 Å². The Hall–Kier alpha value is -1.31. The van der Waals surface area contributed by atoms with Crippen LogP contribution in [0.3, 0.4) is 0 Å². The van der Waals surface area contributed by atoms with E-state index in [1.165, 1.54) is 37.8 Å². The van der Waals surface area contributed by atoms with Gasteiger partial charge in [0, 0.05) is 23.3 Å². The number of hydrogen-bond donors (Lipinski definition) is 0. The van der Waals surface area contributed by atoms with Gasteiger partial charge in [0.15, 0.2) is 0 Å². The number of fused-ring (bicyclic) bond motifs is 2. The van der Waals surface area contributed by atoms with Gasteiger partial charge in [-0.2, -0.15) is 0 Å². The molecule has 2 bridgehead atoms. The summed E-state index contributed by atoms with van der Waals surface area (Å²) >= 11 is 0. The fourth-order valence-corrected chi connectivity index (χ4v) is 3.26. The molecule has 2 saturated heterocycles. The van der Waals surface area contributed by atoms with Crippen LogP contribution in [0.15, 0.2) is 24.3 Å². The van der Waals surface area contributed by atoms with Gasteiger partial charge in [0.25, 0.3) is 0 Å². The van der Waals surface area contributed by atoms with Crippen LogP contribution in [0.25, 0.3) is 0 Å². The Morgan fingerprint density at radius 2 is 1.62 bits per heavy atom. The van der Waals surface area contributed by atoms with Crippen LogP contribution in [-0.2, 0) is 0 Å². The second kappa shape index (κ2) is 3.93. The third kappa shape index (κ3) is 1.53. The number of anilines is 1. The summed E-state index contributed by atoms with van der Waals surface area (Å²) in [6, 6.07) is 9.55. The molecule has 2 fully saturated rings. The van der Waals surface area contributed by atoms with Crippen molar-refractivity contribution >= 4 is 12.0 Å². The number of rotatable bonds is 2. The van der Waals surface area contributed by atoms with Gasteiger partial charge in [0.05, 0.1) is 0 Å². The van der Waals surface area contributed by atoms with E-state index in [0.29, 0.717) is 0 Å². The first kappa shape index (κ1) is 9.88. The molecule has 0 saturated carbocycles. The van der Waals surface area contributed by atoms with E-state index in [9.17, 15) is 4.79 Å². The average molecular weight is 215 g/mol. The molecular weight excluding hydrogens is 198 g/mol. The van der Waals surface area contributed by atoms with Gasteiger partial charge in [-0.1, -0.05) is 0 Å². The summed E-state index contributed by atoms with van der Waals surface area (Å²) in [6.45, 7) is 0. The van der Waals surface area contributed by atoms with Crippen LogP contribution in [0.1, 0.15) is 42.5 Å². The van der Waals surface area contributed by atoms with E-state index >= 15 is 0 Å². The fraction of sp³-hybridized carbons (Fsp3) is 0.500. The second-order valence-electron chi connectivity index (χ2n) is 4.93. The zero-order valence-corrected chi connectivity index (χ0v) is 9.43. The van der Waals surface area contributed by atoms with Crippen LogP contribution in [0.5, 0.6) is 0 Å². The Balaban J connectivity index is 1.88. The Labute approximate surface area is 96.3 Å². The first-order valence-corrected chi connectivity index (χ1v) is 6.22. The maximum atomic E-state index is 10.6. The number of carbonyl (C=O) groups is 1. The zero-order chi connectivity index (χ0) is 11.0. The van der Waals surface area contributed by atoms with Crippen LogP contribution in [0.2, 0.25) is 0 Å². The molecule has 0 aromatic heterocycles. The van der Waals surface area contributed by atoms with Crippen LogP contribution in [0.4, 0.5) is 5.69 Å². The van der Waals surface area contributed by atoms with E-state index in [1.54, 1.807) is 0 Å². The zero-order valence-electron chi connectivity index (χ0n) is 9.43. The number of hydrogen-bond acceptors (Lipinski definition) is 2. The SMILES string of the molecule is O=Cc1ccc(N2C3CCCC2CC3)cc1. The maximum absolute atomic E-state index is 10.6. The lowest BCUT2D eigenvalue weighted by Crippen LogP contribution is -2.39. The molecule has 2 heterocycles. The van der Waals surface area contributed by atoms with Crippen molar-refractivity contribution in [2.24, 2.45) is 0 Å². The molecule has 0 aliphatic carbocycles. The van der Waals surface area contributed by atoms with Crippen molar-refractivity contribution in [3.05, 3.63) is 29.8 Å². The Morgan fingerprint density at radius 3 is 2.19 bits per heavy atom. The first-order valence-electron chi connectivity index (χ1n) is 6.22. The highest BCUT2D eigenvalue weighted by atomic mass is 16.1. The summed E-state index contributed by atoms with van der Waals surface area (Å²) in [5.74, 6) is 0. The molecule has 2 aliphatic heterocycles. The molecule has 2 nitrogen and oxygen atoms in total. The predicted octanol–water partition coefficient (Wildman–Crippen LogP) is 3.02. The molecule has 0 amide bonds. The van der Waals surface area contributed by atoms with Crippen LogP contribution in [0, 0.1) is 0 Å². The van der Waals surface area contributed by atoms with Gasteiger partial charge >= 0.3 is 0 Å². The Kier molecular flexibility index (Phi) is 2.43. The van der Waals surface area contributed by atoms with Crippen molar-refractivity contribution in [1.29, 1.82) is 0 Å². The summed E-state index contributed by atoms with van der Waals surface area (Å²) in [5, 5.41) is 0. The summed E-state index contributed by atoms with van der Waals surface area (Å²) in [5.41, 5.74) is 2.07. The molecule has 1 aromatic carbocycles. The molecule has 2 aliphatic rings. The number of nitrogens with zero attached hydrogens (tertiary/aromatic N) is 1. The third-order valence-corrected chi connectivity index (χ3v) is 4.02. The van der Waals surface area contributed by atoms with Gasteiger partial charge in [0.2, 0.25) is 0 Å². The van der Waals surface area contributed by atoms with E-state index in [0.717, 1.165) is 23.9 Å². The number of benzene rings is 1. The highest BCUT2D eigenvalue weighted by molar-refractivity contribution is 5.75. The quantitative estimate of drug-likeness (QED) is 0.707. The Morgan fingerprint density at radius 1 is 1.00 bits per heavy atom. The van der Waals surface area contributed by atoms with Crippen LogP contribution < -0.4 is 4.90 Å². The molecule has 2 atom stereocenters. The van der Waals surface area contributed by atoms with Crippen LogP contribution in [-0.4, -0.2) is 18.4 Å². The number of piperidine rings is 1. The maximum Gasteiger partial charge on any atom is 0.150 e. The van der Waals surface area contributed by atoms with Crippen molar-refractivity contribution in [3.63, 3.8) is 0 Å². The molecule has 0 spiro atoms. The summed E-state index contributed by atoms with van der Waals surface area (Å²) in [7, 11) is 0. The van der Waals surface area contributed by atoms with E-state index in [1.807, 2.05) is 12.1 Å². The third-order valence-electron chi connectivity index (χ3n) is 4.02. The van der Waals surface area contributed by atoms with Gasteiger partial charge in [0.1, 0.15) is 6.29 Å². The number of aldehydes is 1.